The highest BCUT2D eigenvalue weighted by atomic mass is 32.1. The number of carbonyl (C=O) groups is 2. The van der Waals surface area contributed by atoms with Gasteiger partial charge in [-0.25, -0.2) is 4.98 Å². The molecule has 8 heteroatoms. The summed E-state index contributed by atoms with van der Waals surface area (Å²) in [6.07, 6.45) is 0. The van der Waals surface area contributed by atoms with Crippen molar-refractivity contribution >= 4 is 44.1 Å². The Morgan fingerprint density at radius 1 is 1.06 bits per heavy atom. The van der Waals surface area contributed by atoms with Crippen LogP contribution >= 0.6 is 11.3 Å². The maximum atomic E-state index is 13.4. The molecular weight excluding hydrogens is 464 g/mol. The van der Waals surface area contributed by atoms with Crippen LogP contribution in [0.4, 0.5) is 5.13 Å². The molecule has 1 amide bonds. The van der Waals surface area contributed by atoms with Crippen LogP contribution in [0.25, 0.3) is 16.0 Å². The highest BCUT2D eigenvalue weighted by Gasteiger charge is 2.49. The number of Topliss-reactive ketones (excluding diaryl/α,β-unsaturated/α-hetero) is 1. The molecule has 0 aliphatic carbocycles. The average molecular weight is 489 g/mol. The Labute approximate surface area is 206 Å². The summed E-state index contributed by atoms with van der Waals surface area (Å²) in [4.78, 5) is 32.8. The summed E-state index contributed by atoms with van der Waals surface area (Å²) >= 11 is 1.33. The largest absolute Gasteiger partial charge is 0.507 e. The average Bonchev–Trinajstić information content (AvgIpc) is 3.49. The minimum atomic E-state index is -0.951. The van der Waals surface area contributed by atoms with E-state index in [4.69, 9.17) is 14.1 Å². The molecule has 1 aliphatic heterocycles. The molecule has 1 atom stereocenters. The first-order chi connectivity index (χ1) is 16.7. The van der Waals surface area contributed by atoms with Crippen molar-refractivity contribution in [1.29, 1.82) is 0 Å². The Balaban J connectivity index is 1.72. The van der Waals surface area contributed by atoms with Gasteiger partial charge in [-0.15, -0.1) is 0 Å². The van der Waals surface area contributed by atoms with Crippen molar-refractivity contribution in [1.82, 2.24) is 4.98 Å². The molecule has 35 heavy (non-hydrogen) atoms. The maximum absolute atomic E-state index is 13.4. The Morgan fingerprint density at radius 2 is 1.83 bits per heavy atom. The van der Waals surface area contributed by atoms with Gasteiger partial charge in [0, 0.05) is 5.56 Å². The topological polar surface area (TPSA) is 92.9 Å². The van der Waals surface area contributed by atoms with Crippen molar-refractivity contribution in [2.24, 2.45) is 0 Å². The lowest BCUT2D eigenvalue weighted by Gasteiger charge is -2.20. The third kappa shape index (κ3) is 3.70. The quantitative estimate of drug-likeness (QED) is 0.223. The summed E-state index contributed by atoms with van der Waals surface area (Å²) in [5.41, 5.74) is 4.00. The predicted molar refractivity (Wildman–Crippen MR) is 135 cm³/mol. The molecule has 0 unspecified atom stereocenters. The molecule has 3 heterocycles. The van der Waals surface area contributed by atoms with Gasteiger partial charge in [-0.2, -0.15) is 0 Å². The molecule has 1 saturated heterocycles. The summed E-state index contributed by atoms with van der Waals surface area (Å²) in [5.74, 6) is -0.169. The molecule has 2 aromatic carbocycles. The van der Waals surface area contributed by atoms with Crippen LogP contribution in [0.15, 0.2) is 52.5 Å². The number of aliphatic hydroxyl groups excluding tert-OH is 1. The van der Waals surface area contributed by atoms with Gasteiger partial charge in [0.1, 0.15) is 29.1 Å². The second-order valence-corrected chi connectivity index (χ2v) is 9.74. The van der Waals surface area contributed by atoms with Crippen molar-refractivity contribution in [2.45, 2.75) is 33.7 Å². The summed E-state index contributed by atoms with van der Waals surface area (Å²) in [6.45, 7) is 7.59. The number of anilines is 1. The fourth-order valence-corrected chi connectivity index (χ4v) is 5.71. The lowest BCUT2D eigenvalue weighted by molar-refractivity contribution is -0.132. The molecule has 0 saturated carbocycles. The molecule has 0 bridgehead atoms. The minimum Gasteiger partial charge on any atom is -0.507 e. The highest BCUT2D eigenvalue weighted by Crippen LogP contribution is 2.45. The predicted octanol–water partition coefficient (Wildman–Crippen LogP) is 5.76. The first kappa shape index (κ1) is 22.9. The zero-order chi connectivity index (χ0) is 25.0. The van der Waals surface area contributed by atoms with Gasteiger partial charge in [0.05, 0.1) is 22.9 Å². The van der Waals surface area contributed by atoms with Crippen molar-refractivity contribution in [2.75, 3.05) is 12.0 Å². The van der Waals surface area contributed by atoms with Gasteiger partial charge >= 0.3 is 5.91 Å². The Morgan fingerprint density at radius 3 is 2.49 bits per heavy atom. The Hall–Kier alpha value is -3.91. The molecule has 178 valence electrons. The standard InChI is InChI=1S/C27H24N2O5S/c1-13-10-15(3)22-20(11-13)35-27(28-22)29-23(19-8-6-16(4)34-19)21(25(31)26(29)32)24(30)17-7-9-18(33-5)14(2)12-17/h6-12,23,30H,1-5H3/t23-/m0/s1. The van der Waals surface area contributed by atoms with E-state index < -0.39 is 17.7 Å². The maximum Gasteiger partial charge on any atom is 0.302 e. The number of methoxy groups -OCH3 is 1. The van der Waals surface area contributed by atoms with E-state index in [2.05, 4.69) is 0 Å². The number of fused-ring (bicyclic) bond motifs is 1. The number of thiazole rings is 1. The Bertz CT molecular complexity index is 1540. The van der Waals surface area contributed by atoms with Crippen molar-refractivity contribution in [3.05, 3.63) is 81.8 Å². The van der Waals surface area contributed by atoms with Crippen molar-refractivity contribution in [3.63, 3.8) is 0 Å². The number of nitrogens with zero attached hydrogens (tertiary/aromatic N) is 2. The third-order valence-corrected chi connectivity index (χ3v) is 7.17. The molecule has 7 nitrogen and oxygen atoms in total. The number of aliphatic hydroxyl groups is 1. The normalized spacial score (nSPS) is 17.5. The molecule has 0 spiro atoms. The number of aromatic nitrogens is 1. The number of rotatable bonds is 4. The lowest BCUT2D eigenvalue weighted by atomic mass is 9.98. The molecule has 4 aromatic rings. The number of hydrogen-bond acceptors (Lipinski definition) is 7. The van der Waals surface area contributed by atoms with Crippen LogP contribution < -0.4 is 9.64 Å². The summed E-state index contributed by atoms with van der Waals surface area (Å²) in [6, 6.07) is 11.6. The van der Waals surface area contributed by atoms with Crippen molar-refractivity contribution < 1.29 is 23.8 Å². The van der Waals surface area contributed by atoms with E-state index in [1.807, 2.05) is 32.9 Å². The molecule has 2 aromatic heterocycles. The molecule has 0 radical (unpaired) electrons. The number of carbonyl (C=O) groups excluding carboxylic acids is 2. The summed E-state index contributed by atoms with van der Waals surface area (Å²) < 4.78 is 12.1. The zero-order valence-corrected chi connectivity index (χ0v) is 20.8. The van der Waals surface area contributed by atoms with E-state index in [-0.39, 0.29) is 11.3 Å². The minimum absolute atomic E-state index is 0.0407. The van der Waals surface area contributed by atoms with Crippen LogP contribution in [-0.2, 0) is 9.59 Å². The first-order valence-corrected chi connectivity index (χ1v) is 11.9. The van der Waals surface area contributed by atoms with Crippen LogP contribution in [0.1, 0.15) is 39.8 Å². The number of ketones is 1. The molecule has 1 N–H and O–H groups in total. The summed E-state index contributed by atoms with van der Waals surface area (Å²) in [7, 11) is 1.56. The lowest BCUT2D eigenvalue weighted by Crippen LogP contribution is -2.29. The summed E-state index contributed by atoms with van der Waals surface area (Å²) in [5, 5.41) is 11.7. The number of amides is 1. The van der Waals surface area contributed by atoms with Gasteiger partial charge in [-0.05, 0) is 80.8 Å². The SMILES string of the molecule is COc1ccc(C(O)=C2C(=O)C(=O)N(c3nc4c(C)cc(C)cc4s3)[C@H]2c2ccc(C)o2)cc1C. The van der Waals surface area contributed by atoms with E-state index in [1.54, 1.807) is 44.4 Å². The molecule has 1 fully saturated rings. The van der Waals surface area contributed by atoms with Gasteiger partial charge in [0.15, 0.2) is 5.13 Å². The number of ether oxygens (including phenoxy) is 1. The van der Waals surface area contributed by atoms with Gasteiger partial charge in [0.2, 0.25) is 0 Å². The number of aryl methyl sites for hydroxylation is 4. The molecule has 1 aliphatic rings. The second kappa shape index (κ2) is 8.39. The number of benzene rings is 2. The zero-order valence-electron chi connectivity index (χ0n) is 20.0. The fraction of sp³-hybridized carbons (Fsp3) is 0.222. The Kier molecular flexibility index (Phi) is 5.48. The fourth-order valence-electron chi connectivity index (χ4n) is 4.54. The van der Waals surface area contributed by atoms with Crippen molar-refractivity contribution in [3.8, 4) is 5.75 Å². The molecular formula is C27H24N2O5S. The van der Waals surface area contributed by atoms with E-state index in [9.17, 15) is 14.7 Å². The van der Waals surface area contributed by atoms with E-state index in [0.29, 0.717) is 28.0 Å². The third-order valence-electron chi connectivity index (χ3n) is 6.17. The number of hydrogen-bond donors (Lipinski definition) is 1. The first-order valence-electron chi connectivity index (χ1n) is 11.1. The van der Waals surface area contributed by atoms with Crippen LogP contribution in [0, 0.1) is 27.7 Å². The van der Waals surface area contributed by atoms with E-state index >= 15 is 0 Å². The number of furan rings is 1. The van der Waals surface area contributed by atoms with Gasteiger partial charge in [0.25, 0.3) is 5.78 Å². The highest BCUT2D eigenvalue weighted by molar-refractivity contribution is 7.22. The van der Waals surface area contributed by atoms with Gasteiger partial charge in [-0.3, -0.25) is 14.5 Å². The van der Waals surface area contributed by atoms with E-state index in [1.165, 1.54) is 16.2 Å². The van der Waals surface area contributed by atoms with Crippen LogP contribution in [0.3, 0.4) is 0 Å². The van der Waals surface area contributed by atoms with Crippen LogP contribution in [0.5, 0.6) is 5.75 Å². The smallest absolute Gasteiger partial charge is 0.302 e. The van der Waals surface area contributed by atoms with E-state index in [0.717, 1.165) is 26.9 Å². The molecule has 5 rings (SSSR count). The van der Waals surface area contributed by atoms with Gasteiger partial charge in [-0.1, -0.05) is 17.4 Å². The second-order valence-electron chi connectivity index (χ2n) is 8.73. The van der Waals surface area contributed by atoms with Crippen LogP contribution in [0.2, 0.25) is 0 Å². The van der Waals surface area contributed by atoms with Gasteiger partial charge < -0.3 is 14.3 Å². The monoisotopic (exact) mass is 488 g/mol. The van der Waals surface area contributed by atoms with Crippen LogP contribution in [-0.4, -0.2) is 28.9 Å².